The van der Waals surface area contributed by atoms with E-state index in [1.165, 1.54) is 0 Å². The first kappa shape index (κ1) is 21.9. The van der Waals surface area contributed by atoms with E-state index in [1.54, 1.807) is 71.2 Å². The highest BCUT2D eigenvalue weighted by Crippen LogP contribution is 2.25. The van der Waals surface area contributed by atoms with Crippen LogP contribution in [0, 0.1) is 6.92 Å². The number of aromatic amines is 1. The lowest BCUT2D eigenvalue weighted by atomic mass is 10.1. The lowest BCUT2D eigenvalue weighted by Gasteiger charge is -2.22. The minimum absolute atomic E-state index is 0.198. The minimum atomic E-state index is -3.67. The van der Waals surface area contributed by atoms with Crippen LogP contribution in [0.5, 0.6) is 5.75 Å². The van der Waals surface area contributed by atoms with E-state index in [1.807, 2.05) is 6.07 Å². The van der Waals surface area contributed by atoms with Crippen LogP contribution in [-0.4, -0.2) is 26.1 Å². The third-order valence-electron chi connectivity index (χ3n) is 4.61. The SMILES string of the molecule is COc1ccc2[nH]c(=O)c(CNc3cccc(S(=O)(=O)NC(C)(C)C)c3C)cc2c1. The largest absolute Gasteiger partial charge is 0.497 e. The molecule has 0 atom stereocenters. The van der Waals surface area contributed by atoms with Crippen LogP contribution in [0.25, 0.3) is 10.9 Å². The highest BCUT2D eigenvalue weighted by molar-refractivity contribution is 7.89. The maximum absolute atomic E-state index is 12.8. The van der Waals surface area contributed by atoms with Crippen LogP contribution < -0.4 is 20.3 Å². The van der Waals surface area contributed by atoms with E-state index in [-0.39, 0.29) is 17.0 Å². The Kier molecular flexibility index (Phi) is 5.92. The van der Waals surface area contributed by atoms with Gasteiger partial charge in [-0.15, -0.1) is 0 Å². The number of anilines is 1. The summed E-state index contributed by atoms with van der Waals surface area (Å²) in [6.45, 7) is 7.38. The molecule has 0 aliphatic heterocycles. The van der Waals surface area contributed by atoms with Crippen molar-refractivity contribution in [2.75, 3.05) is 12.4 Å². The molecule has 1 heterocycles. The quantitative estimate of drug-likeness (QED) is 0.557. The number of aromatic nitrogens is 1. The van der Waals surface area contributed by atoms with Crippen molar-refractivity contribution >= 4 is 26.6 Å². The molecule has 8 heteroatoms. The van der Waals surface area contributed by atoms with Gasteiger partial charge in [0, 0.05) is 34.2 Å². The second-order valence-electron chi connectivity index (χ2n) is 8.21. The van der Waals surface area contributed by atoms with Gasteiger partial charge in [0.2, 0.25) is 10.0 Å². The Morgan fingerprint density at radius 3 is 2.50 bits per heavy atom. The number of hydrogen-bond acceptors (Lipinski definition) is 5. The third kappa shape index (κ3) is 4.83. The van der Waals surface area contributed by atoms with Gasteiger partial charge in [-0.05, 0) is 69.7 Å². The maximum atomic E-state index is 12.8. The monoisotopic (exact) mass is 429 g/mol. The molecular formula is C22H27N3O4S. The molecule has 0 unspecified atom stereocenters. The van der Waals surface area contributed by atoms with Crippen LogP contribution in [0.3, 0.4) is 0 Å². The first-order chi connectivity index (χ1) is 14.0. The fourth-order valence-electron chi connectivity index (χ4n) is 3.23. The topological polar surface area (TPSA) is 100 Å². The Hall–Kier alpha value is -2.84. The van der Waals surface area contributed by atoms with Gasteiger partial charge in [0.1, 0.15) is 5.75 Å². The van der Waals surface area contributed by atoms with Gasteiger partial charge in [-0.2, -0.15) is 0 Å². The van der Waals surface area contributed by atoms with Crippen LogP contribution >= 0.6 is 0 Å². The smallest absolute Gasteiger partial charge is 0.253 e. The second-order valence-corrected chi connectivity index (χ2v) is 9.87. The molecule has 0 fully saturated rings. The highest BCUT2D eigenvalue weighted by atomic mass is 32.2. The zero-order chi connectivity index (χ0) is 22.1. The summed E-state index contributed by atoms with van der Waals surface area (Å²) in [5, 5.41) is 4.05. The number of benzene rings is 2. The van der Waals surface area contributed by atoms with Gasteiger partial charge in [-0.3, -0.25) is 4.79 Å². The van der Waals surface area contributed by atoms with Gasteiger partial charge in [0.15, 0.2) is 0 Å². The molecule has 0 saturated carbocycles. The average Bonchev–Trinajstić information content (AvgIpc) is 2.64. The molecule has 3 aromatic rings. The molecular weight excluding hydrogens is 402 g/mol. The van der Waals surface area contributed by atoms with Gasteiger partial charge < -0.3 is 15.0 Å². The zero-order valence-electron chi connectivity index (χ0n) is 17.8. The van der Waals surface area contributed by atoms with E-state index in [2.05, 4.69) is 15.0 Å². The van der Waals surface area contributed by atoms with Crippen LogP contribution in [0.1, 0.15) is 31.9 Å². The highest BCUT2D eigenvalue weighted by Gasteiger charge is 2.24. The van der Waals surface area contributed by atoms with Crippen molar-refractivity contribution in [1.29, 1.82) is 0 Å². The normalized spacial score (nSPS) is 12.2. The number of rotatable bonds is 6. The molecule has 30 heavy (non-hydrogen) atoms. The predicted octanol–water partition coefficient (Wildman–Crippen LogP) is 3.53. The van der Waals surface area contributed by atoms with E-state index >= 15 is 0 Å². The van der Waals surface area contributed by atoms with Crippen molar-refractivity contribution in [2.24, 2.45) is 0 Å². The Morgan fingerprint density at radius 2 is 1.83 bits per heavy atom. The lowest BCUT2D eigenvalue weighted by Crippen LogP contribution is -2.40. The van der Waals surface area contributed by atoms with Crippen molar-refractivity contribution in [2.45, 2.75) is 44.7 Å². The number of H-pyrrole nitrogens is 1. The standard InChI is InChI=1S/C22H27N3O4S/c1-14-18(7-6-8-20(14)30(27,28)25-22(2,3)4)23-13-16-11-15-12-17(29-5)9-10-19(15)24-21(16)26/h6-12,23,25H,13H2,1-5H3,(H,24,26). The third-order valence-corrected chi connectivity index (χ3v) is 6.51. The number of fused-ring (bicyclic) bond motifs is 1. The minimum Gasteiger partial charge on any atom is -0.497 e. The number of pyridine rings is 1. The molecule has 0 bridgehead atoms. The summed E-state index contributed by atoms with van der Waals surface area (Å²) in [6, 6.07) is 12.3. The Labute approximate surface area is 176 Å². The molecule has 3 N–H and O–H groups in total. The van der Waals surface area contributed by atoms with Crippen LogP contribution in [0.4, 0.5) is 5.69 Å². The maximum Gasteiger partial charge on any atom is 0.253 e. The summed E-state index contributed by atoms with van der Waals surface area (Å²) >= 11 is 0. The van der Waals surface area contributed by atoms with Crippen molar-refractivity contribution in [3.63, 3.8) is 0 Å². The van der Waals surface area contributed by atoms with Gasteiger partial charge in [0.25, 0.3) is 5.56 Å². The molecule has 1 aromatic heterocycles. The van der Waals surface area contributed by atoms with Crippen molar-refractivity contribution in [3.05, 3.63) is 63.9 Å². The first-order valence-electron chi connectivity index (χ1n) is 9.57. The Morgan fingerprint density at radius 1 is 1.10 bits per heavy atom. The van der Waals surface area contributed by atoms with Crippen LogP contribution in [-0.2, 0) is 16.6 Å². The number of hydrogen-bond donors (Lipinski definition) is 3. The van der Waals surface area contributed by atoms with E-state index in [4.69, 9.17) is 4.74 Å². The summed E-state index contributed by atoms with van der Waals surface area (Å²) in [5.41, 5.74) is 1.72. The first-order valence-corrected chi connectivity index (χ1v) is 11.1. The van der Waals surface area contributed by atoms with Crippen molar-refractivity contribution in [3.8, 4) is 5.75 Å². The summed E-state index contributed by atoms with van der Waals surface area (Å²) in [7, 11) is -2.08. The summed E-state index contributed by atoms with van der Waals surface area (Å²) in [6.07, 6.45) is 0. The molecule has 0 radical (unpaired) electrons. The Balaban J connectivity index is 1.89. The van der Waals surface area contributed by atoms with E-state index < -0.39 is 15.6 Å². The van der Waals surface area contributed by atoms with E-state index in [9.17, 15) is 13.2 Å². The molecule has 160 valence electrons. The molecule has 0 aliphatic carbocycles. The number of nitrogens with one attached hydrogen (secondary N) is 3. The van der Waals surface area contributed by atoms with Crippen molar-refractivity contribution in [1.82, 2.24) is 9.71 Å². The summed E-state index contributed by atoms with van der Waals surface area (Å²) in [4.78, 5) is 15.5. The Bertz CT molecular complexity index is 1240. The molecule has 7 nitrogen and oxygen atoms in total. The van der Waals surface area contributed by atoms with Gasteiger partial charge in [-0.1, -0.05) is 6.07 Å². The van der Waals surface area contributed by atoms with E-state index in [0.29, 0.717) is 22.6 Å². The predicted molar refractivity (Wildman–Crippen MR) is 120 cm³/mol. The fraction of sp³-hybridized carbons (Fsp3) is 0.318. The van der Waals surface area contributed by atoms with Gasteiger partial charge >= 0.3 is 0 Å². The summed E-state index contributed by atoms with van der Waals surface area (Å²) < 4.78 is 33.4. The number of sulfonamides is 1. The van der Waals surface area contributed by atoms with Crippen molar-refractivity contribution < 1.29 is 13.2 Å². The molecule has 0 spiro atoms. The molecule has 0 amide bonds. The molecule has 2 aromatic carbocycles. The number of ether oxygens (including phenoxy) is 1. The van der Waals surface area contributed by atoms with E-state index in [0.717, 1.165) is 10.9 Å². The number of methoxy groups -OCH3 is 1. The zero-order valence-corrected chi connectivity index (χ0v) is 18.6. The molecule has 3 rings (SSSR count). The lowest BCUT2D eigenvalue weighted by molar-refractivity contribution is 0.415. The molecule has 0 saturated heterocycles. The average molecular weight is 430 g/mol. The second kappa shape index (κ2) is 8.12. The summed E-state index contributed by atoms with van der Waals surface area (Å²) in [5.74, 6) is 0.702. The van der Waals surface area contributed by atoms with Crippen LogP contribution in [0.15, 0.2) is 52.2 Å². The molecule has 0 aliphatic rings. The van der Waals surface area contributed by atoms with Gasteiger partial charge in [-0.25, -0.2) is 13.1 Å². The van der Waals surface area contributed by atoms with Crippen LogP contribution in [0.2, 0.25) is 0 Å². The van der Waals surface area contributed by atoms with Gasteiger partial charge in [0.05, 0.1) is 12.0 Å². The fourth-order valence-corrected chi connectivity index (χ4v) is 4.92.